The first-order chi connectivity index (χ1) is 7.60. The van der Waals surface area contributed by atoms with Crippen molar-refractivity contribution in [1.82, 2.24) is 0 Å². The Hall–Kier alpha value is -0.450. The quantitative estimate of drug-likeness (QED) is 0.764. The van der Waals surface area contributed by atoms with E-state index in [-0.39, 0.29) is 5.82 Å². The lowest BCUT2D eigenvalue weighted by molar-refractivity contribution is -0.142. The molecule has 0 amide bonds. The fraction of sp³-hybridized carbons (Fsp3) is 0.500. The third-order valence-corrected chi connectivity index (χ3v) is 2.63. The predicted octanol–water partition coefficient (Wildman–Crippen LogP) is 3.97. The Kier molecular flexibility index (Phi) is 5.38. The lowest BCUT2D eigenvalue weighted by atomic mass is 10.1. The molecule has 1 aromatic rings. The van der Waals surface area contributed by atoms with E-state index in [1.165, 1.54) is 6.07 Å². The minimum absolute atomic E-state index is 0.307. The Morgan fingerprint density at radius 3 is 2.25 bits per heavy atom. The molecule has 0 aromatic heterocycles. The van der Waals surface area contributed by atoms with E-state index in [4.69, 9.17) is 9.47 Å². The highest BCUT2D eigenvalue weighted by atomic mass is 79.9. The minimum atomic E-state index is -0.622. The summed E-state index contributed by atoms with van der Waals surface area (Å²) in [4.78, 5) is 0. The van der Waals surface area contributed by atoms with Crippen LogP contribution < -0.4 is 0 Å². The molecule has 0 N–H and O–H groups in total. The molecule has 0 unspecified atom stereocenters. The van der Waals surface area contributed by atoms with Crippen molar-refractivity contribution < 1.29 is 13.9 Å². The highest BCUT2D eigenvalue weighted by Crippen LogP contribution is 2.28. The molecule has 2 nitrogen and oxygen atoms in total. The van der Waals surface area contributed by atoms with E-state index in [9.17, 15) is 4.39 Å². The van der Waals surface area contributed by atoms with Gasteiger partial charge in [0.05, 0.1) is 0 Å². The number of hydrogen-bond acceptors (Lipinski definition) is 2. The van der Waals surface area contributed by atoms with Crippen LogP contribution in [0.2, 0.25) is 0 Å². The summed E-state index contributed by atoms with van der Waals surface area (Å²) in [5.41, 5.74) is 1.30. The molecule has 0 radical (unpaired) electrons. The molecule has 0 bridgehead atoms. The number of hydrogen-bond donors (Lipinski definition) is 0. The van der Waals surface area contributed by atoms with Gasteiger partial charge in [0.15, 0.2) is 6.29 Å². The van der Waals surface area contributed by atoms with Crippen molar-refractivity contribution in [2.45, 2.75) is 27.1 Å². The van der Waals surface area contributed by atoms with E-state index in [2.05, 4.69) is 15.9 Å². The third kappa shape index (κ3) is 3.27. The topological polar surface area (TPSA) is 18.5 Å². The lowest BCUT2D eigenvalue weighted by Crippen LogP contribution is -2.12. The number of halogens is 2. The Morgan fingerprint density at radius 2 is 1.81 bits per heavy atom. The molecule has 0 atom stereocenters. The summed E-state index contributed by atoms with van der Waals surface area (Å²) in [6, 6.07) is 3.27. The Balaban J connectivity index is 3.07. The van der Waals surface area contributed by atoms with Gasteiger partial charge in [-0.25, -0.2) is 4.39 Å². The zero-order valence-electron chi connectivity index (χ0n) is 9.72. The second kappa shape index (κ2) is 6.33. The molecule has 0 fully saturated rings. The van der Waals surface area contributed by atoms with Crippen molar-refractivity contribution in [3.8, 4) is 0 Å². The smallest absolute Gasteiger partial charge is 0.186 e. The fourth-order valence-corrected chi connectivity index (χ4v) is 2.07. The van der Waals surface area contributed by atoms with Gasteiger partial charge >= 0.3 is 0 Å². The first-order valence-corrected chi connectivity index (χ1v) is 6.08. The fourth-order valence-electron chi connectivity index (χ4n) is 1.53. The van der Waals surface area contributed by atoms with E-state index in [1.54, 1.807) is 0 Å². The maximum Gasteiger partial charge on any atom is 0.186 e. The van der Waals surface area contributed by atoms with Gasteiger partial charge in [-0.1, -0.05) is 15.9 Å². The summed E-state index contributed by atoms with van der Waals surface area (Å²) in [5, 5.41) is 0. The van der Waals surface area contributed by atoms with Gasteiger partial charge in [0, 0.05) is 23.2 Å². The highest BCUT2D eigenvalue weighted by Gasteiger charge is 2.19. The van der Waals surface area contributed by atoms with Gasteiger partial charge < -0.3 is 9.47 Å². The van der Waals surface area contributed by atoms with Crippen LogP contribution in [0, 0.1) is 12.7 Å². The van der Waals surface area contributed by atoms with Crippen molar-refractivity contribution in [2.75, 3.05) is 13.2 Å². The van der Waals surface area contributed by atoms with Crippen molar-refractivity contribution >= 4 is 15.9 Å². The predicted molar refractivity (Wildman–Crippen MR) is 64.8 cm³/mol. The number of aryl methyl sites for hydroxylation is 1. The van der Waals surface area contributed by atoms with E-state index in [0.29, 0.717) is 18.8 Å². The Morgan fingerprint density at radius 1 is 1.25 bits per heavy atom. The van der Waals surface area contributed by atoms with Crippen LogP contribution in [0.4, 0.5) is 4.39 Å². The maximum atomic E-state index is 13.8. The number of benzene rings is 1. The molecule has 4 heteroatoms. The Bertz CT molecular complexity index is 326. The van der Waals surface area contributed by atoms with E-state index >= 15 is 0 Å². The average Bonchev–Trinajstić information content (AvgIpc) is 2.16. The molecule has 16 heavy (non-hydrogen) atoms. The number of rotatable bonds is 5. The number of ether oxygens (including phenoxy) is 2. The second-order valence-corrected chi connectivity index (χ2v) is 4.28. The van der Waals surface area contributed by atoms with E-state index in [1.807, 2.05) is 26.8 Å². The molecular weight excluding hydrogens is 275 g/mol. The zero-order chi connectivity index (χ0) is 12.1. The summed E-state index contributed by atoms with van der Waals surface area (Å²) in [5.74, 6) is -0.307. The van der Waals surface area contributed by atoms with Crippen molar-refractivity contribution in [3.05, 3.63) is 33.5 Å². The van der Waals surface area contributed by atoms with Crippen LogP contribution in [0.25, 0.3) is 0 Å². The van der Waals surface area contributed by atoms with Gasteiger partial charge in [0.25, 0.3) is 0 Å². The molecule has 1 aromatic carbocycles. The monoisotopic (exact) mass is 290 g/mol. The second-order valence-electron chi connectivity index (χ2n) is 3.36. The van der Waals surface area contributed by atoms with E-state index < -0.39 is 6.29 Å². The molecule has 90 valence electrons. The van der Waals surface area contributed by atoms with Gasteiger partial charge in [-0.05, 0) is 38.5 Å². The summed E-state index contributed by atoms with van der Waals surface area (Å²) < 4.78 is 25.3. The van der Waals surface area contributed by atoms with Gasteiger partial charge in [-0.15, -0.1) is 0 Å². The van der Waals surface area contributed by atoms with Crippen LogP contribution in [0.15, 0.2) is 16.6 Å². The Labute approximate surface area is 104 Å². The molecule has 1 rings (SSSR count). The largest absolute Gasteiger partial charge is 0.349 e. The molecule has 0 aliphatic rings. The van der Waals surface area contributed by atoms with Crippen LogP contribution in [0.5, 0.6) is 0 Å². The molecule has 0 aliphatic carbocycles. The molecule has 0 saturated carbocycles. The van der Waals surface area contributed by atoms with Gasteiger partial charge in [-0.3, -0.25) is 0 Å². The zero-order valence-corrected chi connectivity index (χ0v) is 11.3. The standard InChI is InChI=1S/C12H16BrFO2/c1-4-15-12(16-5-2)11-8(3)6-9(13)7-10(11)14/h6-7,12H,4-5H2,1-3H3. The summed E-state index contributed by atoms with van der Waals surface area (Å²) in [6.07, 6.45) is -0.622. The summed E-state index contributed by atoms with van der Waals surface area (Å²) in [6.45, 7) is 6.53. The van der Waals surface area contributed by atoms with Crippen LogP contribution >= 0.6 is 15.9 Å². The van der Waals surface area contributed by atoms with Crippen LogP contribution in [-0.2, 0) is 9.47 Å². The van der Waals surface area contributed by atoms with Crippen LogP contribution in [-0.4, -0.2) is 13.2 Å². The third-order valence-electron chi connectivity index (χ3n) is 2.17. The molecule has 0 aliphatic heterocycles. The van der Waals surface area contributed by atoms with E-state index in [0.717, 1.165) is 10.0 Å². The maximum absolute atomic E-state index is 13.8. The van der Waals surface area contributed by atoms with Gasteiger partial charge in [0.1, 0.15) is 5.82 Å². The molecule has 0 heterocycles. The van der Waals surface area contributed by atoms with Gasteiger partial charge in [0.2, 0.25) is 0 Å². The van der Waals surface area contributed by atoms with Crippen molar-refractivity contribution in [3.63, 3.8) is 0 Å². The SMILES string of the molecule is CCOC(OCC)c1c(C)cc(Br)cc1F. The van der Waals surface area contributed by atoms with Crippen molar-refractivity contribution in [2.24, 2.45) is 0 Å². The highest BCUT2D eigenvalue weighted by molar-refractivity contribution is 9.10. The normalized spacial score (nSPS) is 11.1. The first kappa shape index (κ1) is 13.6. The van der Waals surface area contributed by atoms with Crippen molar-refractivity contribution in [1.29, 1.82) is 0 Å². The summed E-state index contributed by atoms with van der Waals surface area (Å²) >= 11 is 3.25. The minimum Gasteiger partial charge on any atom is -0.349 e. The average molecular weight is 291 g/mol. The molecule has 0 spiro atoms. The van der Waals surface area contributed by atoms with Crippen LogP contribution in [0.1, 0.15) is 31.3 Å². The molecule has 0 saturated heterocycles. The lowest BCUT2D eigenvalue weighted by Gasteiger charge is -2.20. The van der Waals surface area contributed by atoms with Gasteiger partial charge in [-0.2, -0.15) is 0 Å². The molecular formula is C12H16BrFO2. The first-order valence-electron chi connectivity index (χ1n) is 5.28. The summed E-state index contributed by atoms with van der Waals surface area (Å²) in [7, 11) is 0. The van der Waals surface area contributed by atoms with Crippen LogP contribution in [0.3, 0.4) is 0 Å².